The summed E-state index contributed by atoms with van der Waals surface area (Å²) in [6.45, 7) is 5.13. The molecular weight excluding hydrogens is 194 g/mol. The van der Waals surface area contributed by atoms with Crippen molar-refractivity contribution in [1.29, 1.82) is 0 Å². The topological polar surface area (TPSA) is 49.8 Å². The summed E-state index contributed by atoms with van der Waals surface area (Å²) in [7, 11) is 1.70. The molecule has 0 amide bonds. The highest BCUT2D eigenvalue weighted by Gasteiger charge is 2.32. The fraction of sp³-hybridized carbons (Fsp3) is 0.909. The Morgan fingerprint density at radius 3 is 2.80 bits per heavy atom. The second-order valence-electron chi connectivity index (χ2n) is 4.31. The van der Waals surface area contributed by atoms with Gasteiger partial charge in [-0.15, -0.1) is 0 Å². The van der Waals surface area contributed by atoms with Gasteiger partial charge in [-0.3, -0.25) is 9.69 Å². The normalized spacial score (nSPS) is 26.5. The molecule has 1 aliphatic rings. The SMILES string of the molecule is COC(C)C(C)N1CCCC1CC(=O)O. The van der Waals surface area contributed by atoms with Crippen LogP contribution in [-0.4, -0.2) is 47.8 Å². The van der Waals surface area contributed by atoms with Gasteiger partial charge in [-0.25, -0.2) is 0 Å². The molecule has 15 heavy (non-hydrogen) atoms. The average Bonchev–Trinajstić information content (AvgIpc) is 2.62. The lowest BCUT2D eigenvalue weighted by Crippen LogP contribution is -2.44. The number of hydrogen-bond donors (Lipinski definition) is 1. The first-order chi connectivity index (χ1) is 7.06. The lowest BCUT2D eigenvalue weighted by Gasteiger charge is -2.33. The van der Waals surface area contributed by atoms with Crippen molar-refractivity contribution in [2.45, 2.75) is 51.3 Å². The molecule has 0 radical (unpaired) electrons. The zero-order chi connectivity index (χ0) is 11.4. The number of rotatable bonds is 5. The summed E-state index contributed by atoms with van der Waals surface area (Å²) in [4.78, 5) is 13.0. The molecule has 1 fully saturated rings. The monoisotopic (exact) mass is 215 g/mol. The minimum absolute atomic E-state index is 0.152. The number of aliphatic carboxylic acids is 1. The highest BCUT2D eigenvalue weighted by molar-refractivity contribution is 5.67. The zero-order valence-electron chi connectivity index (χ0n) is 9.77. The highest BCUT2D eigenvalue weighted by atomic mass is 16.5. The predicted octanol–water partition coefficient (Wildman–Crippen LogP) is 1.35. The van der Waals surface area contributed by atoms with Gasteiger partial charge in [0.1, 0.15) is 0 Å². The second-order valence-corrected chi connectivity index (χ2v) is 4.31. The number of carboxylic acid groups (broad SMARTS) is 1. The number of hydrogen-bond acceptors (Lipinski definition) is 3. The molecule has 4 nitrogen and oxygen atoms in total. The van der Waals surface area contributed by atoms with Crippen LogP contribution < -0.4 is 0 Å². The van der Waals surface area contributed by atoms with E-state index >= 15 is 0 Å². The molecule has 1 aliphatic heterocycles. The summed E-state index contributed by atoms with van der Waals surface area (Å²) in [5.41, 5.74) is 0. The van der Waals surface area contributed by atoms with Gasteiger partial charge < -0.3 is 9.84 Å². The summed E-state index contributed by atoms with van der Waals surface area (Å²) in [5.74, 6) is -0.704. The quantitative estimate of drug-likeness (QED) is 0.752. The van der Waals surface area contributed by atoms with Crippen LogP contribution in [0.2, 0.25) is 0 Å². The first-order valence-electron chi connectivity index (χ1n) is 5.56. The van der Waals surface area contributed by atoms with E-state index in [0.717, 1.165) is 19.4 Å². The molecule has 3 unspecified atom stereocenters. The molecule has 0 saturated carbocycles. The highest BCUT2D eigenvalue weighted by Crippen LogP contribution is 2.24. The number of carbonyl (C=O) groups is 1. The summed E-state index contributed by atoms with van der Waals surface area (Å²) in [6.07, 6.45) is 2.49. The Kier molecular flexibility index (Phi) is 4.54. The van der Waals surface area contributed by atoms with E-state index in [1.807, 2.05) is 6.92 Å². The van der Waals surface area contributed by atoms with Gasteiger partial charge in [0, 0.05) is 19.2 Å². The molecular formula is C11H21NO3. The molecule has 0 aromatic carbocycles. The third kappa shape index (κ3) is 3.18. The Morgan fingerprint density at radius 1 is 1.60 bits per heavy atom. The van der Waals surface area contributed by atoms with Gasteiger partial charge in [-0.05, 0) is 33.2 Å². The van der Waals surface area contributed by atoms with Crippen molar-refractivity contribution in [2.24, 2.45) is 0 Å². The maximum Gasteiger partial charge on any atom is 0.304 e. The van der Waals surface area contributed by atoms with Crippen LogP contribution in [0.1, 0.15) is 33.1 Å². The van der Waals surface area contributed by atoms with E-state index < -0.39 is 5.97 Å². The first kappa shape index (κ1) is 12.5. The minimum Gasteiger partial charge on any atom is -0.481 e. The number of likely N-dealkylation sites (tertiary alicyclic amines) is 1. The van der Waals surface area contributed by atoms with Crippen molar-refractivity contribution in [3.05, 3.63) is 0 Å². The van der Waals surface area contributed by atoms with Crippen LogP contribution in [-0.2, 0) is 9.53 Å². The average molecular weight is 215 g/mol. The third-order valence-electron chi connectivity index (χ3n) is 3.41. The van der Waals surface area contributed by atoms with E-state index in [1.54, 1.807) is 7.11 Å². The molecule has 3 atom stereocenters. The van der Waals surface area contributed by atoms with Gasteiger partial charge in [0.15, 0.2) is 0 Å². The van der Waals surface area contributed by atoms with Crippen LogP contribution in [0.3, 0.4) is 0 Å². The van der Waals surface area contributed by atoms with Crippen LogP contribution >= 0.6 is 0 Å². The van der Waals surface area contributed by atoms with Gasteiger partial charge in [0.05, 0.1) is 12.5 Å². The molecule has 1 rings (SSSR count). The van der Waals surface area contributed by atoms with Crippen molar-refractivity contribution in [2.75, 3.05) is 13.7 Å². The van der Waals surface area contributed by atoms with Crippen molar-refractivity contribution >= 4 is 5.97 Å². The second kappa shape index (κ2) is 5.47. The first-order valence-corrected chi connectivity index (χ1v) is 5.56. The maximum atomic E-state index is 10.7. The molecule has 0 aromatic rings. The maximum absolute atomic E-state index is 10.7. The lowest BCUT2D eigenvalue weighted by atomic mass is 10.1. The number of nitrogens with zero attached hydrogens (tertiary/aromatic N) is 1. The Morgan fingerprint density at radius 2 is 2.27 bits per heavy atom. The van der Waals surface area contributed by atoms with Crippen molar-refractivity contribution in [3.63, 3.8) is 0 Å². The molecule has 1 N–H and O–H groups in total. The van der Waals surface area contributed by atoms with Crippen molar-refractivity contribution in [3.8, 4) is 0 Å². The van der Waals surface area contributed by atoms with Gasteiger partial charge >= 0.3 is 5.97 Å². The van der Waals surface area contributed by atoms with Crippen LogP contribution in [0.25, 0.3) is 0 Å². The third-order valence-corrected chi connectivity index (χ3v) is 3.41. The number of carboxylic acids is 1. The van der Waals surface area contributed by atoms with Crippen LogP contribution in [0, 0.1) is 0 Å². The zero-order valence-corrected chi connectivity index (χ0v) is 9.77. The van der Waals surface area contributed by atoms with E-state index in [9.17, 15) is 4.79 Å². The molecule has 4 heteroatoms. The van der Waals surface area contributed by atoms with E-state index in [0.29, 0.717) is 6.04 Å². The molecule has 0 bridgehead atoms. The van der Waals surface area contributed by atoms with E-state index in [4.69, 9.17) is 9.84 Å². The summed E-state index contributed by atoms with van der Waals surface area (Å²) in [5, 5.41) is 8.81. The summed E-state index contributed by atoms with van der Waals surface area (Å²) >= 11 is 0. The van der Waals surface area contributed by atoms with Crippen LogP contribution in [0.15, 0.2) is 0 Å². The van der Waals surface area contributed by atoms with E-state index in [-0.39, 0.29) is 18.6 Å². The minimum atomic E-state index is -0.704. The fourth-order valence-corrected chi connectivity index (χ4v) is 2.28. The smallest absolute Gasteiger partial charge is 0.304 e. The summed E-state index contributed by atoms with van der Waals surface area (Å²) in [6, 6.07) is 0.483. The Labute approximate surface area is 91.2 Å². The molecule has 88 valence electrons. The number of ether oxygens (including phenoxy) is 1. The van der Waals surface area contributed by atoms with Gasteiger partial charge in [0.25, 0.3) is 0 Å². The Bertz CT molecular complexity index is 220. The largest absolute Gasteiger partial charge is 0.481 e. The predicted molar refractivity (Wildman–Crippen MR) is 57.9 cm³/mol. The lowest BCUT2D eigenvalue weighted by molar-refractivity contribution is -0.138. The van der Waals surface area contributed by atoms with Crippen molar-refractivity contribution in [1.82, 2.24) is 4.90 Å². The van der Waals surface area contributed by atoms with E-state index in [1.165, 1.54) is 0 Å². The van der Waals surface area contributed by atoms with Gasteiger partial charge in [0.2, 0.25) is 0 Å². The molecule has 1 saturated heterocycles. The molecule has 0 spiro atoms. The van der Waals surface area contributed by atoms with Gasteiger partial charge in [-0.1, -0.05) is 0 Å². The van der Waals surface area contributed by atoms with Gasteiger partial charge in [-0.2, -0.15) is 0 Å². The Hall–Kier alpha value is -0.610. The Balaban J connectivity index is 2.55. The molecule has 0 aromatic heterocycles. The van der Waals surface area contributed by atoms with Crippen LogP contribution in [0.5, 0.6) is 0 Å². The summed E-state index contributed by atoms with van der Waals surface area (Å²) < 4.78 is 5.29. The van der Waals surface area contributed by atoms with Crippen LogP contribution in [0.4, 0.5) is 0 Å². The van der Waals surface area contributed by atoms with E-state index in [2.05, 4.69) is 11.8 Å². The molecule has 0 aliphatic carbocycles. The molecule has 1 heterocycles. The number of methoxy groups -OCH3 is 1. The standard InChI is InChI=1S/C11H21NO3/c1-8(9(2)15-3)12-6-4-5-10(12)7-11(13)14/h8-10H,4-7H2,1-3H3,(H,13,14). The van der Waals surface area contributed by atoms with Crippen molar-refractivity contribution < 1.29 is 14.6 Å². The fourth-order valence-electron chi connectivity index (χ4n) is 2.28.